The highest BCUT2D eigenvalue weighted by Gasteiger charge is 2.19. The van der Waals surface area contributed by atoms with Crippen molar-refractivity contribution in [1.29, 1.82) is 0 Å². The zero-order chi connectivity index (χ0) is 22.7. The molecule has 1 aliphatic heterocycles. The standard InChI is InChI=1S/C24H23NO6S/c1-15-10-18(16(2)25(15)12-17-5-7-21-22(11-17)31-14-30-21)20(27)13-29-24(28)8-6-19(26)23-4-3-9-32-23/h3-5,7,9-11H,6,8,12-14H2,1-2H3. The first kappa shape index (κ1) is 21.8. The summed E-state index contributed by atoms with van der Waals surface area (Å²) in [5.41, 5.74) is 3.27. The predicted molar refractivity (Wildman–Crippen MR) is 119 cm³/mol. The first-order valence-electron chi connectivity index (χ1n) is 10.2. The Bertz CT molecular complexity index is 1160. The first-order chi connectivity index (χ1) is 15.4. The molecule has 32 heavy (non-hydrogen) atoms. The number of aryl methyl sites for hydroxylation is 1. The van der Waals surface area contributed by atoms with E-state index in [0.717, 1.165) is 22.7 Å². The number of rotatable bonds is 9. The summed E-state index contributed by atoms with van der Waals surface area (Å²) in [6.45, 7) is 4.25. The molecule has 1 aliphatic rings. The van der Waals surface area contributed by atoms with Crippen LogP contribution < -0.4 is 9.47 Å². The fourth-order valence-electron chi connectivity index (χ4n) is 3.62. The summed E-state index contributed by atoms with van der Waals surface area (Å²) >= 11 is 1.34. The topological polar surface area (TPSA) is 83.8 Å². The minimum Gasteiger partial charge on any atom is -0.457 e. The van der Waals surface area contributed by atoms with Crippen molar-refractivity contribution in [2.75, 3.05) is 13.4 Å². The van der Waals surface area contributed by atoms with Gasteiger partial charge in [-0.15, -0.1) is 11.3 Å². The molecule has 0 amide bonds. The van der Waals surface area contributed by atoms with Gasteiger partial charge in [-0.3, -0.25) is 14.4 Å². The van der Waals surface area contributed by atoms with Crippen LogP contribution in [-0.2, 0) is 16.1 Å². The zero-order valence-corrected chi connectivity index (χ0v) is 18.7. The van der Waals surface area contributed by atoms with Gasteiger partial charge in [-0.1, -0.05) is 12.1 Å². The number of ketones is 2. The Hall–Kier alpha value is -3.39. The van der Waals surface area contributed by atoms with Gasteiger partial charge in [-0.05, 0) is 49.1 Å². The van der Waals surface area contributed by atoms with Gasteiger partial charge in [-0.2, -0.15) is 0 Å². The maximum atomic E-state index is 12.7. The molecule has 166 valence electrons. The van der Waals surface area contributed by atoms with Crippen molar-refractivity contribution in [3.8, 4) is 11.5 Å². The third kappa shape index (κ3) is 4.75. The van der Waals surface area contributed by atoms with E-state index in [4.69, 9.17) is 14.2 Å². The Balaban J connectivity index is 1.34. The lowest BCUT2D eigenvalue weighted by molar-refractivity contribution is -0.142. The molecule has 1 aromatic carbocycles. The summed E-state index contributed by atoms with van der Waals surface area (Å²) in [4.78, 5) is 37.3. The zero-order valence-electron chi connectivity index (χ0n) is 17.9. The van der Waals surface area contributed by atoms with E-state index < -0.39 is 5.97 Å². The van der Waals surface area contributed by atoms with Crippen molar-refractivity contribution in [3.63, 3.8) is 0 Å². The number of nitrogens with zero attached hydrogens (tertiary/aromatic N) is 1. The van der Waals surface area contributed by atoms with Crippen molar-refractivity contribution < 1.29 is 28.6 Å². The van der Waals surface area contributed by atoms with Crippen molar-refractivity contribution in [1.82, 2.24) is 4.57 Å². The van der Waals surface area contributed by atoms with Gasteiger partial charge in [0.15, 0.2) is 23.9 Å². The molecule has 7 nitrogen and oxygen atoms in total. The predicted octanol–water partition coefficient (Wildman–Crippen LogP) is 4.33. The Kier molecular flexibility index (Phi) is 6.41. The number of carbonyl (C=O) groups is 3. The van der Waals surface area contributed by atoms with Crippen LogP contribution in [0.2, 0.25) is 0 Å². The highest BCUT2D eigenvalue weighted by atomic mass is 32.1. The molecule has 0 atom stereocenters. The van der Waals surface area contributed by atoms with E-state index in [9.17, 15) is 14.4 Å². The van der Waals surface area contributed by atoms with Crippen molar-refractivity contribution >= 4 is 28.9 Å². The number of ether oxygens (including phenoxy) is 3. The highest BCUT2D eigenvalue weighted by molar-refractivity contribution is 7.12. The van der Waals surface area contributed by atoms with Crippen molar-refractivity contribution in [2.45, 2.75) is 33.2 Å². The molecule has 0 saturated heterocycles. The van der Waals surface area contributed by atoms with Crippen LogP contribution in [0.1, 0.15) is 49.8 Å². The van der Waals surface area contributed by atoms with Crippen LogP contribution in [0.25, 0.3) is 0 Å². The van der Waals surface area contributed by atoms with Gasteiger partial charge >= 0.3 is 5.97 Å². The molecule has 0 N–H and O–H groups in total. The smallest absolute Gasteiger partial charge is 0.306 e. The minimum absolute atomic E-state index is 0.0485. The molecule has 0 aliphatic carbocycles. The molecule has 0 radical (unpaired) electrons. The molecule has 0 bridgehead atoms. The quantitative estimate of drug-likeness (QED) is 0.354. The number of hydrogen-bond donors (Lipinski definition) is 0. The molecule has 4 rings (SSSR count). The van der Waals surface area contributed by atoms with E-state index in [0.29, 0.717) is 22.7 Å². The lowest BCUT2D eigenvalue weighted by Crippen LogP contribution is -2.15. The number of carbonyl (C=O) groups excluding carboxylic acids is 3. The van der Waals surface area contributed by atoms with Crippen LogP contribution >= 0.6 is 11.3 Å². The monoisotopic (exact) mass is 453 g/mol. The summed E-state index contributed by atoms with van der Waals surface area (Å²) in [7, 11) is 0. The van der Waals surface area contributed by atoms with E-state index in [1.165, 1.54) is 11.3 Å². The van der Waals surface area contributed by atoms with Gasteiger partial charge in [0.2, 0.25) is 12.6 Å². The Morgan fingerprint density at radius 1 is 1.03 bits per heavy atom. The first-order valence-corrected chi connectivity index (χ1v) is 11.1. The molecule has 0 spiro atoms. The average Bonchev–Trinajstić information content (AvgIpc) is 3.53. The number of hydrogen-bond acceptors (Lipinski definition) is 7. The van der Waals surface area contributed by atoms with Crippen LogP contribution in [0.5, 0.6) is 11.5 Å². The van der Waals surface area contributed by atoms with Gasteiger partial charge in [0.05, 0.1) is 11.3 Å². The maximum Gasteiger partial charge on any atom is 0.306 e. The molecule has 2 aromatic heterocycles. The molecular weight excluding hydrogens is 430 g/mol. The number of thiophene rings is 1. The molecule has 0 saturated carbocycles. The molecule has 3 heterocycles. The third-order valence-corrected chi connectivity index (χ3v) is 6.28. The SMILES string of the molecule is Cc1cc(C(=O)COC(=O)CCC(=O)c2cccs2)c(C)n1Cc1ccc2c(c1)OCO2. The lowest BCUT2D eigenvalue weighted by atomic mass is 10.1. The second-order valence-electron chi connectivity index (χ2n) is 7.54. The van der Waals surface area contributed by atoms with Crippen molar-refractivity contribution in [3.05, 3.63) is 69.2 Å². The molecular formula is C24H23NO6S. The number of aromatic nitrogens is 1. The van der Waals surface area contributed by atoms with Crippen LogP contribution in [0.4, 0.5) is 0 Å². The summed E-state index contributed by atoms with van der Waals surface area (Å²) < 4.78 is 17.9. The summed E-state index contributed by atoms with van der Waals surface area (Å²) in [6, 6.07) is 11.1. The van der Waals surface area contributed by atoms with Gasteiger partial charge in [0, 0.05) is 29.9 Å². The van der Waals surface area contributed by atoms with Gasteiger partial charge in [0.1, 0.15) is 0 Å². The fraction of sp³-hybridized carbons (Fsp3) is 0.292. The molecule has 0 fully saturated rings. The summed E-state index contributed by atoms with van der Waals surface area (Å²) in [5, 5.41) is 1.81. The normalized spacial score (nSPS) is 12.1. The number of fused-ring (bicyclic) bond motifs is 1. The summed E-state index contributed by atoms with van der Waals surface area (Å²) in [6.07, 6.45) is 0.0186. The number of esters is 1. The largest absolute Gasteiger partial charge is 0.457 e. The minimum atomic E-state index is -0.558. The van der Waals surface area contributed by atoms with Crippen LogP contribution in [0.3, 0.4) is 0 Å². The number of benzene rings is 1. The maximum absolute atomic E-state index is 12.7. The average molecular weight is 454 g/mol. The fourth-order valence-corrected chi connectivity index (χ4v) is 4.31. The van der Waals surface area contributed by atoms with Crippen LogP contribution in [-0.4, -0.2) is 35.5 Å². The highest BCUT2D eigenvalue weighted by Crippen LogP contribution is 2.33. The molecule has 3 aromatic rings. The van der Waals surface area contributed by atoms with Gasteiger partial charge in [0.25, 0.3) is 0 Å². The van der Waals surface area contributed by atoms with Crippen LogP contribution in [0.15, 0.2) is 41.8 Å². The van der Waals surface area contributed by atoms with E-state index in [1.807, 2.05) is 42.0 Å². The van der Waals surface area contributed by atoms with Gasteiger partial charge < -0.3 is 18.8 Å². The molecule has 8 heteroatoms. The van der Waals surface area contributed by atoms with Crippen molar-refractivity contribution in [2.24, 2.45) is 0 Å². The van der Waals surface area contributed by atoms with Gasteiger partial charge in [-0.25, -0.2) is 0 Å². The second-order valence-corrected chi connectivity index (χ2v) is 8.49. The Morgan fingerprint density at radius 2 is 1.84 bits per heavy atom. The Morgan fingerprint density at radius 3 is 2.62 bits per heavy atom. The number of Topliss-reactive ketones (excluding diaryl/α,β-unsaturated/α-hetero) is 2. The van der Waals surface area contributed by atoms with E-state index in [-0.39, 0.29) is 37.8 Å². The van der Waals surface area contributed by atoms with Crippen LogP contribution in [0, 0.1) is 13.8 Å². The second kappa shape index (κ2) is 9.40. The Labute approximate surface area is 189 Å². The molecule has 0 unspecified atom stereocenters. The lowest BCUT2D eigenvalue weighted by Gasteiger charge is -2.11. The van der Waals surface area contributed by atoms with E-state index in [1.54, 1.807) is 18.2 Å². The van der Waals surface area contributed by atoms with E-state index in [2.05, 4.69) is 0 Å². The summed E-state index contributed by atoms with van der Waals surface area (Å²) in [5.74, 6) is 0.510. The van der Waals surface area contributed by atoms with E-state index >= 15 is 0 Å². The third-order valence-electron chi connectivity index (χ3n) is 5.37.